The Kier molecular flexibility index (Phi) is 1.50. The number of aromatic nitrogens is 1. The van der Waals surface area contributed by atoms with E-state index in [1.165, 1.54) is 0 Å². The Morgan fingerprint density at radius 3 is 2.85 bits per heavy atom. The van der Waals surface area contributed by atoms with Gasteiger partial charge < -0.3 is 0 Å². The van der Waals surface area contributed by atoms with Gasteiger partial charge in [-0.2, -0.15) is 13.2 Å². The van der Waals surface area contributed by atoms with Crippen molar-refractivity contribution in [2.75, 3.05) is 0 Å². The van der Waals surface area contributed by atoms with Gasteiger partial charge in [0.05, 0.1) is 0 Å². The molecule has 13 heavy (non-hydrogen) atoms. The molecule has 0 unspecified atom stereocenters. The Bertz CT molecular complexity index is 457. The largest absolute Gasteiger partial charge is 0.433 e. The molecule has 0 atom stereocenters. The van der Waals surface area contributed by atoms with Gasteiger partial charge in [-0.25, -0.2) is 4.98 Å². The van der Waals surface area contributed by atoms with E-state index < -0.39 is 30.8 Å². The Balaban J connectivity index is 3.40. The minimum absolute atomic E-state index is 0.0899. The van der Waals surface area contributed by atoms with Crippen molar-refractivity contribution in [2.24, 2.45) is 0 Å². The predicted octanol–water partition coefficient (Wildman–Crippen LogP) is 3.43. The summed E-state index contributed by atoms with van der Waals surface area (Å²) in [5.41, 5.74) is -2.13. The number of aryl methyl sites for hydroxylation is 1. The quantitative estimate of drug-likeness (QED) is 0.752. The van der Waals surface area contributed by atoms with E-state index in [0.29, 0.717) is 6.07 Å². The normalized spacial score (nSPS) is 19.5. The number of pyridine rings is 1. The van der Waals surface area contributed by atoms with Crippen LogP contribution >= 0.6 is 15.9 Å². The lowest BCUT2D eigenvalue weighted by atomic mass is 10.2. The van der Waals surface area contributed by atoms with Gasteiger partial charge in [-0.05, 0) is 18.5 Å². The zero-order valence-corrected chi connectivity index (χ0v) is 7.70. The Labute approximate surface area is 89.1 Å². The van der Waals surface area contributed by atoms with Crippen LogP contribution in [0.4, 0.5) is 13.2 Å². The monoisotopic (exact) mass is 258 g/mol. The molecule has 0 bridgehead atoms. The second kappa shape index (κ2) is 3.65. The molecule has 0 aliphatic rings. The van der Waals surface area contributed by atoms with Crippen LogP contribution < -0.4 is 0 Å². The predicted molar refractivity (Wildman–Crippen MR) is 46.3 cm³/mol. The lowest BCUT2D eigenvalue weighted by Gasteiger charge is -2.07. The van der Waals surface area contributed by atoms with Crippen LogP contribution in [0.25, 0.3) is 0 Å². The van der Waals surface area contributed by atoms with Crippen molar-refractivity contribution in [2.45, 2.75) is 19.4 Å². The van der Waals surface area contributed by atoms with Crippen LogP contribution in [0, 0.1) is 0 Å². The van der Waals surface area contributed by atoms with Crippen molar-refractivity contribution in [3.63, 3.8) is 0 Å². The molecule has 0 aromatic carbocycles. The number of rotatable bonds is 1. The summed E-state index contributed by atoms with van der Waals surface area (Å²) >= 11 is 2.77. The highest BCUT2D eigenvalue weighted by molar-refractivity contribution is 9.10. The van der Waals surface area contributed by atoms with E-state index in [1.807, 2.05) is 0 Å². The summed E-state index contributed by atoms with van der Waals surface area (Å²) in [7, 11) is 0. The first-order valence-corrected chi connectivity index (χ1v) is 3.90. The molecule has 1 heterocycles. The topological polar surface area (TPSA) is 12.9 Å². The summed E-state index contributed by atoms with van der Waals surface area (Å²) in [6, 6.07) is 1.57. The maximum absolute atomic E-state index is 12.5. The molecule has 1 rings (SSSR count). The molecule has 0 fully saturated rings. The molecule has 1 nitrogen and oxygen atoms in total. The number of halogens is 4. The maximum atomic E-state index is 12.5. The van der Waals surface area contributed by atoms with Gasteiger partial charge >= 0.3 is 6.18 Å². The molecular formula is C8H7BrF3N. The van der Waals surface area contributed by atoms with E-state index >= 15 is 0 Å². The van der Waals surface area contributed by atoms with Crippen LogP contribution in [0.3, 0.4) is 0 Å². The molecule has 0 N–H and O–H groups in total. The molecule has 1 aromatic rings. The van der Waals surface area contributed by atoms with Crippen molar-refractivity contribution in [3.8, 4) is 0 Å². The molecule has 1 aromatic heterocycles. The maximum Gasteiger partial charge on any atom is 0.433 e. The van der Waals surface area contributed by atoms with Crippen LogP contribution in [0.5, 0.6) is 0 Å². The lowest BCUT2D eigenvalue weighted by molar-refractivity contribution is -0.141. The smallest absolute Gasteiger partial charge is 0.248 e. The van der Waals surface area contributed by atoms with E-state index in [-0.39, 0.29) is 4.47 Å². The standard InChI is InChI=1S/C8H7BrF3N/c1-2-6-3-5(9)4-7(13-6)8(10,11)12/h3-4H,2H2,1H3/i1D3,2D2. The summed E-state index contributed by atoms with van der Waals surface area (Å²) in [6.07, 6.45) is -7.74. The van der Waals surface area contributed by atoms with Crippen molar-refractivity contribution < 1.29 is 20.0 Å². The molecular weight excluding hydrogens is 247 g/mol. The van der Waals surface area contributed by atoms with E-state index in [9.17, 15) is 13.2 Å². The summed E-state index contributed by atoms with van der Waals surface area (Å²) < 4.78 is 73.1. The van der Waals surface area contributed by atoms with E-state index in [1.54, 1.807) is 0 Å². The first kappa shape index (κ1) is 5.34. The highest BCUT2D eigenvalue weighted by Gasteiger charge is 2.32. The SMILES string of the molecule is [2H]C([2H])([2H])C([2H])([2H])c1cc(Br)cc(C(F)(F)F)n1. The lowest BCUT2D eigenvalue weighted by Crippen LogP contribution is -2.09. The fourth-order valence-corrected chi connectivity index (χ4v) is 1.14. The molecule has 0 aliphatic carbocycles. The van der Waals surface area contributed by atoms with Crippen molar-refractivity contribution >= 4 is 15.9 Å². The Morgan fingerprint density at radius 1 is 1.62 bits per heavy atom. The fraction of sp³-hybridized carbons (Fsp3) is 0.375. The van der Waals surface area contributed by atoms with Crippen LogP contribution in [-0.2, 0) is 12.5 Å². The summed E-state index contributed by atoms with van der Waals surface area (Å²) in [4.78, 5) is 3.05. The van der Waals surface area contributed by atoms with Gasteiger partial charge in [0.15, 0.2) is 0 Å². The molecule has 0 radical (unpaired) electrons. The second-order valence-corrected chi connectivity index (χ2v) is 3.09. The minimum atomic E-state index is -4.77. The van der Waals surface area contributed by atoms with Gasteiger partial charge in [0.1, 0.15) is 5.69 Å². The zero-order chi connectivity index (χ0) is 14.4. The van der Waals surface area contributed by atoms with Crippen molar-refractivity contribution in [1.29, 1.82) is 0 Å². The van der Waals surface area contributed by atoms with Crippen LogP contribution in [0.1, 0.15) is 25.1 Å². The molecule has 0 saturated heterocycles. The van der Waals surface area contributed by atoms with Crippen molar-refractivity contribution in [1.82, 2.24) is 4.98 Å². The van der Waals surface area contributed by atoms with Gasteiger partial charge in [0.25, 0.3) is 0 Å². The first-order valence-electron chi connectivity index (χ1n) is 5.61. The van der Waals surface area contributed by atoms with Crippen LogP contribution in [-0.4, -0.2) is 4.98 Å². The fourth-order valence-electron chi connectivity index (χ4n) is 0.706. The number of hydrogen-bond acceptors (Lipinski definition) is 1. The summed E-state index contributed by atoms with van der Waals surface area (Å²) in [5, 5.41) is 0. The Morgan fingerprint density at radius 2 is 2.31 bits per heavy atom. The molecule has 0 spiro atoms. The third-order valence-corrected chi connectivity index (χ3v) is 1.67. The molecule has 0 saturated carbocycles. The zero-order valence-electron chi connectivity index (χ0n) is 11.1. The van der Waals surface area contributed by atoms with Gasteiger partial charge in [-0.3, -0.25) is 0 Å². The van der Waals surface area contributed by atoms with Gasteiger partial charge in [0.2, 0.25) is 0 Å². The third-order valence-electron chi connectivity index (χ3n) is 1.21. The van der Waals surface area contributed by atoms with Crippen molar-refractivity contribution in [3.05, 3.63) is 28.0 Å². The number of alkyl halides is 3. The van der Waals surface area contributed by atoms with E-state index in [4.69, 9.17) is 6.85 Å². The van der Waals surface area contributed by atoms with Gasteiger partial charge in [-0.15, -0.1) is 0 Å². The summed E-state index contributed by atoms with van der Waals surface area (Å²) in [5.74, 6) is 0. The molecule has 72 valence electrons. The van der Waals surface area contributed by atoms with Gasteiger partial charge in [-0.1, -0.05) is 22.8 Å². The van der Waals surface area contributed by atoms with Crippen LogP contribution in [0.15, 0.2) is 16.6 Å². The van der Waals surface area contributed by atoms with E-state index in [2.05, 4.69) is 20.9 Å². The first-order chi connectivity index (χ1) is 7.85. The van der Waals surface area contributed by atoms with E-state index in [0.717, 1.165) is 6.07 Å². The minimum Gasteiger partial charge on any atom is -0.248 e. The summed E-state index contributed by atoms with van der Waals surface area (Å²) in [6.45, 7) is -3.11. The second-order valence-electron chi connectivity index (χ2n) is 2.18. The van der Waals surface area contributed by atoms with Crippen LogP contribution in [0.2, 0.25) is 0 Å². The molecule has 5 heteroatoms. The molecule has 0 amide bonds. The van der Waals surface area contributed by atoms with Gasteiger partial charge in [0, 0.05) is 17.0 Å². The highest BCUT2D eigenvalue weighted by Crippen LogP contribution is 2.29. The number of hydrogen-bond donors (Lipinski definition) is 0. The number of nitrogens with zero attached hydrogens (tertiary/aromatic N) is 1. The third kappa shape index (κ3) is 2.69. The Hall–Kier alpha value is -0.580. The highest BCUT2D eigenvalue weighted by atomic mass is 79.9. The molecule has 0 aliphatic heterocycles. The average Bonchev–Trinajstić information content (AvgIpc) is 2.13. The average molecular weight is 259 g/mol.